The molecule has 0 atom stereocenters. The zero-order chi connectivity index (χ0) is 15.1. The van der Waals surface area contributed by atoms with Gasteiger partial charge in [-0.15, -0.1) is 11.3 Å². The van der Waals surface area contributed by atoms with Crippen LogP contribution in [0, 0.1) is 6.92 Å². The molecule has 3 heterocycles. The number of amides is 1. The van der Waals surface area contributed by atoms with Crippen molar-refractivity contribution in [2.75, 3.05) is 31.6 Å². The second-order valence-corrected chi connectivity index (χ2v) is 6.78. The third kappa shape index (κ3) is 2.44. The molecule has 1 amide bonds. The topological polar surface area (TPSA) is 67.4 Å². The fourth-order valence-corrected chi connectivity index (χ4v) is 3.83. The van der Waals surface area contributed by atoms with Gasteiger partial charge in [-0.2, -0.15) is 0 Å². The van der Waals surface area contributed by atoms with Crippen molar-refractivity contribution in [1.29, 1.82) is 0 Å². The van der Waals surface area contributed by atoms with E-state index in [1.54, 1.807) is 6.33 Å². The molecule has 0 aromatic carbocycles. The van der Waals surface area contributed by atoms with E-state index in [1.165, 1.54) is 24.2 Å². The van der Waals surface area contributed by atoms with Crippen molar-refractivity contribution >= 4 is 33.3 Å². The Bertz CT molecular complexity index is 720. The summed E-state index contributed by atoms with van der Waals surface area (Å²) in [7, 11) is 0. The number of carbonyl (C=O) groups is 1. The van der Waals surface area contributed by atoms with E-state index in [0.29, 0.717) is 32.3 Å². The lowest BCUT2D eigenvalue weighted by Crippen LogP contribution is -2.40. The van der Waals surface area contributed by atoms with Gasteiger partial charge < -0.3 is 15.0 Å². The molecule has 1 aliphatic carbocycles. The largest absolute Gasteiger partial charge is 0.378 e. The van der Waals surface area contributed by atoms with Gasteiger partial charge in [0, 0.05) is 19.1 Å². The van der Waals surface area contributed by atoms with Gasteiger partial charge in [-0.25, -0.2) is 9.97 Å². The highest BCUT2D eigenvalue weighted by Gasteiger charge is 2.27. The average Bonchev–Trinajstić information content (AvgIpc) is 3.30. The van der Waals surface area contributed by atoms with E-state index in [1.807, 2.05) is 11.8 Å². The fourth-order valence-electron chi connectivity index (χ4n) is 2.72. The Morgan fingerprint density at radius 1 is 1.36 bits per heavy atom. The molecule has 1 saturated heterocycles. The van der Waals surface area contributed by atoms with Crippen LogP contribution in [0.2, 0.25) is 0 Å². The number of hydrogen-bond donors (Lipinski definition) is 1. The molecule has 2 fully saturated rings. The van der Waals surface area contributed by atoms with Crippen molar-refractivity contribution in [1.82, 2.24) is 14.9 Å². The number of morpholine rings is 1. The molecule has 1 saturated carbocycles. The summed E-state index contributed by atoms with van der Waals surface area (Å²) >= 11 is 1.46. The number of ether oxygens (including phenoxy) is 1. The minimum atomic E-state index is 0.0844. The van der Waals surface area contributed by atoms with E-state index in [0.717, 1.165) is 26.5 Å². The Labute approximate surface area is 132 Å². The molecule has 6 nitrogen and oxygen atoms in total. The SMILES string of the molecule is Cc1c(C(=O)N2CCOCC2)sc2ncnc(NC3CC3)c12. The lowest BCUT2D eigenvalue weighted by Gasteiger charge is -2.26. The van der Waals surface area contributed by atoms with Crippen LogP contribution in [0.5, 0.6) is 0 Å². The molecule has 2 aromatic rings. The fraction of sp³-hybridized carbons (Fsp3) is 0.533. The van der Waals surface area contributed by atoms with Crippen molar-refractivity contribution in [2.45, 2.75) is 25.8 Å². The molecule has 4 rings (SSSR count). The van der Waals surface area contributed by atoms with Gasteiger partial charge in [-0.05, 0) is 25.3 Å². The normalized spacial score (nSPS) is 18.7. The molecule has 0 spiro atoms. The molecular formula is C15H18N4O2S. The first kappa shape index (κ1) is 13.9. The van der Waals surface area contributed by atoms with Crippen LogP contribution in [0.25, 0.3) is 10.2 Å². The molecule has 2 aliphatic rings. The van der Waals surface area contributed by atoms with Crippen LogP contribution in [-0.4, -0.2) is 53.1 Å². The van der Waals surface area contributed by atoms with Gasteiger partial charge in [0.1, 0.15) is 17.0 Å². The van der Waals surface area contributed by atoms with Crippen LogP contribution in [0.3, 0.4) is 0 Å². The quantitative estimate of drug-likeness (QED) is 0.938. The first-order valence-corrected chi connectivity index (χ1v) is 8.43. The van der Waals surface area contributed by atoms with E-state index in [-0.39, 0.29) is 5.91 Å². The molecule has 22 heavy (non-hydrogen) atoms. The number of carbonyl (C=O) groups excluding carboxylic acids is 1. The predicted octanol–water partition coefficient (Wildman–Crippen LogP) is 2.05. The summed E-state index contributed by atoms with van der Waals surface area (Å²) in [6, 6.07) is 0.524. The minimum absolute atomic E-state index is 0.0844. The number of rotatable bonds is 3. The molecule has 7 heteroatoms. The van der Waals surface area contributed by atoms with Crippen molar-refractivity contribution < 1.29 is 9.53 Å². The van der Waals surface area contributed by atoms with Gasteiger partial charge >= 0.3 is 0 Å². The lowest BCUT2D eigenvalue weighted by atomic mass is 10.2. The van der Waals surface area contributed by atoms with Gasteiger partial charge in [0.05, 0.1) is 23.5 Å². The van der Waals surface area contributed by atoms with Gasteiger partial charge in [-0.1, -0.05) is 0 Å². The summed E-state index contributed by atoms with van der Waals surface area (Å²) in [5.74, 6) is 0.948. The average molecular weight is 318 g/mol. The van der Waals surface area contributed by atoms with E-state index < -0.39 is 0 Å². The van der Waals surface area contributed by atoms with E-state index in [9.17, 15) is 4.79 Å². The van der Waals surface area contributed by atoms with Crippen LogP contribution in [0.4, 0.5) is 5.82 Å². The zero-order valence-electron chi connectivity index (χ0n) is 12.5. The highest BCUT2D eigenvalue weighted by molar-refractivity contribution is 7.20. The molecule has 116 valence electrons. The summed E-state index contributed by atoms with van der Waals surface area (Å²) in [6.45, 7) is 4.54. The van der Waals surface area contributed by atoms with Crippen LogP contribution in [0.1, 0.15) is 28.1 Å². The second kappa shape index (κ2) is 5.48. The monoisotopic (exact) mass is 318 g/mol. The van der Waals surface area contributed by atoms with E-state index in [4.69, 9.17) is 4.74 Å². The zero-order valence-corrected chi connectivity index (χ0v) is 13.3. The molecule has 0 unspecified atom stereocenters. The molecule has 1 aliphatic heterocycles. The smallest absolute Gasteiger partial charge is 0.264 e. The summed E-state index contributed by atoms with van der Waals surface area (Å²) in [5, 5.41) is 4.44. The van der Waals surface area contributed by atoms with Crippen LogP contribution < -0.4 is 5.32 Å². The number of nitrogens with zero attached hydrogens (tertiary/aromatic N) is 3. The van der Waals surface area contributed by atoms with Crippen LogP contribution in [-0.2, 0) is 4.74 Å². The maximum absolute atomic E-state index is 12.7. The highest BCUT2D eigenvalue weighted by Crippen LogP contribution is 2.36. The number of aromatic nitrogens is 2. The van der Waals surface area contributed by atoms with Crippen molar-refractivity contribution in [3.05, 3.63) is 16.8 Å². The Hall–Kier alpha value is -1.73. The second-order valence-electron chi connectivity index (χ2n) is 5.78. The number of nitrogens with one attached hydrogen (secondary N) is 1. The number of thiophene rings is 1. The predicted molar refractivity (Wildman–Crippen MR) is 85.5 cm³/mol. The van der Waals surface area contributed by atoms with Gasteiger partial charge in [0.25, 0.3) is 5.91 Å². The first-order chi connectivity index (χ1) is 10.7. The summed E-state index contributed by atoms with van der Waals surface area (Å²) in [4.78, 5) is 25.0. The van der Waals surface area contributed by atoms with Crippen LogP contribution in [0.15, 0.2) is 6.33 Å². The van der Waals surface area contributed by atoms with Crippen LogP contribution >= 0.6 is 11.3 Å². The Balaban J connectivity index is 1.71. The van der Waals surface area contributed by atoms with Gasteiger partial charge in [-0.3, -0.25) is 4.79 Å². The molecular weight excluding hydrogens is 300 g/mol. The summed E-state index contributed by atoms with van der Waals surface area (Å²) in [5.41, 5.74) is 0.986. The number of anilines is 1. The Morgan fingerprint density at radius 2 is 2.14 bits per heavy atom. The third-order valence-electron chi connectivity index (χ3n) is 4.14. The highest BCUT2D eigenvalue weighted by atomic mass is 32.1. The number of aryl methyl sites for hydroxylation is 1. The van der Waals surface area contributed by atoms with Gasteiger partial charge in [0.2, 0.25) is 0 Å². The lowest BCUT2D eigenvalue weighted by molar-refractivity contribution is 0.0306. The molecule has 0 bridgehead atoms. The van der Waals surface area contributed by atoms with E-state index >= 15 is 0 Å². The molecule has 1 N–H and O–H groups in total. The van der Waals surface area contributed by atoms with Gasteiger partial charge in [0.15, 0.2) is 0 Å². The van der Waals surface area contributed by atoms with Crippen molar-refractivity contribution in [3.63, 3.8) is 0 Å². The van der Waals surface area contributed by atoms with Crippen molar-refractivity contribution in [2.24, 2.45) is 0 Å². The maximum Gasteiger partial charge on any atom is 0.264 e. The minimum Gasteiger partial charge on any atom is -0.378 e. The standard InChI is InChI=1S/C15H18N4O2S/c1-9-11-13(18-10-2-3-10)16-8-17-14(11)22-12(9)15(20)19-4-6-21-7-5-19/h8,10H,2-7H2,1H3,(H,16,17,18). The van der Waals surface area contributed by atoms with E-state index in [2.05, 4.69) is 15.3 Å². The Morgan fingerprint density at radius 3 is 2.86 bits per heavy atom. The maximum atomic E-state index is 12.7. The van der Waals surface area contributed by atoms with Crippen molar-refractivity contribution in [3.8, 4) is 0 Å². The third-order valence-corrected chi connectivity index (χ3v) is 5.33. The number of fused-ring (bicyclic) bond motifs is 1. The molecule has 0 radical (unpaired) electrons. The Kier molecular flexibility index (Phi) is 3.46. The molecule has 2 aromatic heterocycles. The first-order valence-electron chi connectivity index (χ1n) is 7.61. The number of hydrogen-bond acceptors (Lipinski definition) is 6. The summed E-state index contributed by atoms with van der Waals surface area (Å²) in [6.07, 6.45) is 3.95. The summed E-state index contributed by atoms with van der Waals surface area (Å²) < 4.78 is 5.32.